The normalized spacial score (nSPS) is 15.5. The lowest BCUT2D eigenvalue weighted by molar-refractivity contribution is -0.136. The van der Waals surface area contributed by atoms with Crippen LogP contribution in [0.15, 0.2) is 0 Å². The fourth-order valence-electron chi connectivity index (χ4n) is 0.738. The van der Waals surface area contributed by atoms with Gasteiger partial charge in [-0.3, -0.25) is 9.35 Å². The van der Waals surface area contributed by atoms with Gasteiger partial charge in [0.05, 0.1) is 0 Å². The molecule has 0 bridgehead atoms. The molecule has 0 radical (unpaired) electrons. The summed E-state index contributed by atoms with van der Waals surface area (Å²) < 4.78 is 33.2. The molecule has 6 nitrogen and oxygen atoms in total. The Bertz CT molecular complexity index is 328. The highest BCUT2D eigenvalue weighted by Crippen LogP contribution is 2.30. The van der Waals surface area contributed by atoms with Crippen molar-refractivity contribution in [3.8, 4) is 0 Å². The molecule has 0 aliphatic carbocycles. The van der Waals surface area contributed by atoms with Gasteiger partial charge in [0.2, 0.25) is 0 Å². The number of aliphatic carboxylic acids is 1. The van der Waals surface area contributed by atoms with Gasteiger partial charge < -0.3 is 5.11 Å². The van der Waals surface area contributed by atoms with Crippen LogP contribution in [0.4, 0.5) is 0 Å². The van der Waals surface area contributed by atoms with Gasteiger partial charge in [0, 0.05) is 0 Å². The first-order valence-electron chi connectivity index (χ1n) is 4.91. The number of rotatable bonds is 9. The first-order chi connectivity index (χ1) is 7.76. The van der Waals surface area contributed by atoms with Gasteiger partial charge in [-0.2, -0.15) is 8.42 Å². The van der Waals surface area contributed by atoms with Gasteiger partial charge in [-0.25, -0.2) is 4.18 Å². The van der Waals surface area contributed by atoms with Crippen LogP contribution in [0.5, 0.6) is 0 Å². The molecule has 2 unspecified atom stereocenters. The quantitative estimate of drug-likeness (QED) is 0.378. The Morgan fingerprint density at radius 2 is 2.06 bits per heavy atom. The highest BCUT2D eigenvalue weighted by molar-refractivity contribution is 8.17. The first kappa shape index (κ1) is 17.0. The first-order valence-corrected chi connectivity index (χ1v) is 8.27. The maximum atomic E-state index is 10.6. The molecule has 0 rings (SSSR count). The Hall–Kier alpha value is 0.0400. The fourth-order valence-corrected chi connectivity index (χ4v) is 4.14. The molecule has 102 valence electrons. The molecule has 0 aliphatic heterocycles. The van der Waals surface area contributed by atoms with Crippen molar-refractivity contribution in [3.63, 3.8) is 0 Å². The van der Waals surface area contributed by atoms with Gasteiger partial charge in [0.25, 0.3) is 0 Å². The average molecular weight is 304 g/mol. The molecule has 2 atom stereocenters. The highest BCUT2D eigenvalue weighted by atomic mass is 32.3. The third kappa shape index (κ3) is 9.72. The van der Waals surface area contributed by atoms with E-state index in [1.54, 1.807) is 0 Å². The van der Waals surface area contributed by atoms with Gasteiger partial charge in [0.15, 0.2) is 4.77 Å². The van der Waals surface area contributed by atoms with Crippen LogP contribution in [0.1, 0.15) is 26.7 Å². The summed E-state index contributed by atoms with van der Waals surface area (Å²) in [4.78, 5) is 10.6. The van der Waals surface area contributed by atoms with Crippen molar-refractivity contribution in [1.29, 1.82) is 0 Å². The van der Waals surface area contributed by atoms with Gasteiger partial charge in [0.1, 0.15) is 5.25 Å². The van der Waals surface area contributed by atoms with E-state index < -0.39 is 26.4 Å². The lowest BCUT2D eigenvalue weighted by Gasteiger charge is -2.16. The number of hydrogen-bond acceptors (Lipinski definition) is 6. The minimum atomic E-state index is -4.57. The van der Waals surface area contributed by atoms with E-state index in [1.165, 1.54) is 6.92 Å². The second-order valence-electron chi connectivity index (χ2n) is 3.15. The summed E-state index contributed by atoms with van der Waals surface area (Å²) in [7, 11) is -4.57. The van der Waals surface area contributed by atoms with Crippen molar-refractivity contribution in [2.75, 3.05) is 5.75 Å². The van der Waals surface area contributed by atoms with Crippen molar-refractivity contribution in [3.05, 3.63) is 0 Å². The summed E-state index contributed by atoms with van der Waals surface area (Å²) >= 11 is 1.99. The van der Waals surface area contributed by atoms with E-state index in [0.29, 0.717) is 5.75 Å². The Balaban J connectivity index is 4.34. The van der Waals surface area contributed by atoms with E-state index in [1.807, 2.05) is 6.92 Å². The van der Waals surface area contributed by atoms with Crippen LogP contribution >= 0.6 is 23.5 Å². The second-order valence-corrected chi connectivity index (χ2v) is 7.08. The lowest BCUT2D eigenvalue weighted by atomic mass is 10.4. The summed E-state index contributed by atoms with van der Waals surface area (Å²) in [5.41, 5.74) is 0. The van der Waals surface area contributed by atoms with Crippen LogP contribution in [-0.4, -0.2) is 39.8 Å². The van der Waals surface area contributed by atoms with Gasteiger partial charge in [-0.05, 0) is 19.1 Å². The van der Waals surface area contributed by atoms with E-state index >= 15 is 0 Å². The molecule has 0 saturated heterocycles. The summed E-state index contributed by atoms with van der Waals surface area (Å²) in [5.74, 6) is -0.425. The SMILES string of the molecule is CCCCSC(OS(=O)(=O)O)SC(C)C(=O)O. The molecule has 0 fully saturated rings. The van der Waals surface area contributed by atoms with Crippen molar-refractivity contribution < 1.29 is 27.1 Å². The van der Waals surface area contributed by atoms with Crippen LogP contribution in [0.2, 0.25) is 0 Å². The predicted octanol–water partition coefficient (Wildman–Crippen LogP) is 1.83. The van der Waals surface area contributed by atoms with Crippen molar-refractivity contribution in [2.45, 2.75) is 36.7 Å². The maximum absolute atomic E-state index is 10.6. The van der Waals surface area contributed by atoms with E-state index in [2.05, 4.69) is 4.18 Å². The zero-order chi connectivity index (χ0) is 13.5. The number of unbranched alkanes of at least 4 members (excludes halogenated alkanes) is 1. The van der Waals surface area contributed by atoms with Gasteiger partial charge in [-0.15, -0.1) is 23.5 Å². The summed E-state index contributed by atoms with van der Waals surface area (Å²) in [6.45, 7) is 3.40. The van der Waals surface area contributed by atoms with E-state index in [0.717, 1.165) is 36.4 Å². The molecule has 0 aromatic rings. The molecule has 0 saturated carbocycles. The van der Waals surface area contributed by atoms with E-state index in [4.69, 9.17) is 9.66 Å². The molecule has 17 heavy (non-hydrogen) atoms. The molecule has 0 aliphatic rings. The highest BCUT2D eigenvalue weighted by Gasteiger charge is 2.23. The topological polar surface area (TPSA) is 101 Å². The third-order valence-electron chi connectivity index (χ3n) is 1.61. The standard InChI is InChI=1S/C8H16O6S3/c1-3-4-5-15-8(14-17(11,12)13)16-6(2)7(9)10/h6,8H,3-5H2,1-2H3,(H,9,10)(H,11,12,13). The van der Waals surface area contributed by atoms with E-state index in [-0.39, 0.29) is 0 Å². The Labute approximate surface area is 109 Å². The Kier molecular flexibility index (Phi) is 8.22. The minimum Gasteiger partial charge on any atom is -0.480 e. The zero-order valence-electron chi connectivity index (χ0n) is 9.53. The van der Waals surface area contributed by atoms with E-state index in [9.17, 15) is 13.2 Å². The predicted molar refractivity (Wildman–Crippen MR) is 68.5 cm³/mol. The molecule has 9 heteroatoms. The maximum Gasteiger partial charge on any atom is 0.399 e. The van der Waals surface area contributed by atoms with Gasteiger partial charge >= 0.3 is 16.4 Å². The molecular weight excluding hydrogens is 288 g/mol. The van der Waals surface area contributed by atoms with Crippen LogP contribution < -0.4 is 0 Å². The number of hydrogen-bond donors (Lipinski definition) is 2. The number of carbonyl (C=O) groups is 1. The summed E-state index contributed by atoms with van der Waals surface area (Å²) in [6.07, 6.45) is 1.79. The van der Waals surface area contributed by atoms with Gasteiger partial charge in [-0.1, -0.05) is 13.3 Å². The Morgan fingerprint density at radius 1 is 1.47 bits per heavy atom. The van der Waals surface area contributed by atoms with Crippen molar-refractivity contribution >= 4 is 39.9 Å². The molecule has 0 aromatic heterocycles. The number of carboxylic acid groups (broad SMARTS) is 1. The van der Waals surface area contributed by atoms with Crippen molar-refractivity contribution in [1.82, 2.24) is 0 Å². The molecular formula is C8H16O6S3. The third-order valence-corrected chi connectivity index (χ3v) is 4.86. The minimum absolute atomic E-state index is 0.635. The van der Waals surface area contributed by atoms with Crippen LogP contribution in [0.3, 0.4) is 0 Å². The molecule has 0 spiro atoms. The van der Waals surface area contributed by atoms with Crippen molar-refractivity contribution in [2.24, 2.45) is 0 Å². The molecule has 0 amide bonds. The largest absolute Gasteiger partial charge is 0.480 e. The monoisotopic (exact) mass is 304 g/mol. The molecule has 0 aromatic carbocycles. The van der Waals surface area contributed by atoms with Crippen LogP contribution in [-0.2, 0) is 19.4 Å². The smallest absolute Gasteiger partial charge is 0.399 e. The number of carboxylic acids is 1. The fraction of sp³-hybridized carbons (Fsp3) is 0.875. The molecule has 2 N–H and O–H groups in total. The lowest BCUT2D eigenvalue weighted by Crippen LogP contribution is -2.19. The zero-order valence-corrected chi connectivity index (χ0v) is 12.0. The van der Waals surface area contributed by atoms with Crippen LogP contribution in [0.25, 0.3) is 0 Å². The summed E-state index contributed by atoms with van der Waals surface area (Å²) in [5, 5.41) is 7.89. The molecule has 0 heterocycles. The number of thioether (sulfide) groups is 2. The Morgan fingerprint density at radius 3 is 2.47 bits per heavy atom. The second kappa shape index (κ2) is 8.20. The average Bonchev–Trinajstić information content (AvgIpc) is 2.15. The summed E-state index contributed by atoms with van der Waals surface area (Å²) in [6, 6.07) is 0. The van der Waals surface area contributed by atoms with Crippen LogP contribution in [0, 0.1) is 0 Å².